The third-order valence-corrected chi connectivity index (χ3v) is 10.1. The summed E-state index contributed by atoms with van der Waals surface area (Å²) in [4.78, 5) is 20.0. The molecule has 1 saturated heterocycles. The van der Waals surface area contributed by atoms with Crippen molar-refractivity contribution in [2.45, 2.75) is 31.1 Å². The Morgan fingerprint density at radius 3 is 2.34 bits per heavy atom. The number of hydrogen-bond donors (Lipinski definition) is 2. The first kappa shape index (κ1) is 32.3. The maximum Gasteiger partial charge on any atom is 0.267 e. The Hall–Kier alpha value is -4.60. The van der Waals surface area contributed by atoms with Gasteiger partial charge in [-0.1, -0.05) is 26.8 Å². The van der Waals surface area contributed by atoms with E-state index in [1.54, 1.807) is 18.5 Å². The summed E-state index contributed by atoms with van der Waals surface area (Å²) in [7, 11) is -4.82. The summed E-state index contributed by atoms with van der Waals surface area (Å²) in [6.07, 6.45) is 3.29. The summed E-state index contributed by atoms with van der Waals surface area (Å²) in [5.74, 6) is -2.40. The highest BCUT2D eigenvalue weighted by atomic mass is 32.2. The Morgan fingerprint density at radius 1 is 0.915 bits per heavy atom. The van der Waals surface area contributed by atoms with Crippen molar-refractivity contribution in [1.82, 2.24) is 19.9 Å². The van der Waals surface area contributed by atoms with E-state index in [0.29, 0.717) is 46.7 Å². The molecule has 2 aromatic carbocycles. The molecular weight excluding hydrogens is 652 g/mol. The van der Waals surface area contributed by atoms with Gasteiger partial charge in [-0.15, -0.1) is 11.3 Å². The lowest BCUT2D eigenvalue weighted by atomic mass is 9.98. The zero-order valence-electron chi connectivity index (χ0n) is 25.6. The Kier molecular flexibility index (Phi) is 8.87. The van der Waals surface area contributed by atoms with Gasteiger partial charge in [-0.05, 0) is 48.5 Å². The van der Waals surface area contributed by atoms with Crippen molar-refractivity contribution in [3.63, 3.8) is 0 Å². The quantitative estimate of drug-likeness (QED) is 0.183. The molecule has 1 fully saturated rings. The van der Waals surface area contributed by atoms with Gasteiger partial charge in [0.15, 0.2) is 4.90 Å². The maximum absolute atomic E-state index is 15.0. The van der Waals surface area contributed by atoms with Crippen molar-refractivity contribution < 1.29 is 26.3 Å². The number of halogens is 3. The minimum atomic E-state index is -4.82. The third-order valence-electron chi connectivity index (χ3n) is 7.17. The average molecular weight is 682 g/mol. The molecule has 3 aromatic heterocycles. The highest BCUT2D eigenvalue weighted by molar-refractivity contribution is 7.92. The first-order chi connectivity index (χ1) is 22.4. The predicted octanol–water partition coefficient (Wildman–Crippen LogP) is 6.76. The number of sulfonamides is 1. The maximum atomic E-state index is 15.0. The summed E-state index contributed by atoms with van der Waals surface area (Å²) >= 11 is 1.38. The monoisotopic (exact) mass is 681 g/mol. The second kappa shape index (κ2) is 12.9. The van der Waals surface area contributed by atoms with Crippen LogP contribution in [-0.2, 0) is 20.2 Å². The van der Waals surface area contributed by atoms with Gasteiger partial charge in [0.2, 0.25) is 5.95 Å². The molecule has 1 aliphatic rings. The molecule has 5 aromatic rings. The Labute approximate surface area is 273 Å². The van der Waals surface area contributed by atoms with E-state index in [9.17, 15) is 21.6 Å². The van der Waals surface area contributed by atoms with Crippen LogP contribution in [-0.4, -0.2) is 54.7 Å². The first-order valence-electron chi connectivity index (χ1n) is 14.6. The Bertz CT molecular complexity index is 2010. The van der Waals surface area contributed by atoms with E-state index in [1.165, 1.54) is 23.5 Å². The number of morpholine rings is 1. The topological polar surface area (TPSA) is 122 Å². The van der Waals surface area contributed by atoms with E-state index in [1.807, 2.05) is 37.6 Å². The van der Waals surface area contributed by atoms with Crippen molar-refractivity contribution in [3.05, 3.63) is 89.5 Å². The number of benzene rings is 2. The molecule has 2 N–H and O–H groups in total. The highest BCUT2D eigenvalue weighted by Gasteiger charge is 2.27. The average Bonchev–Trinajstić information content (AvgIpc) is 3.50. The SMILES string of the molecule is CC(C)(C)c1nc(-c2ccc(F)c(NS(=O)(=O)c3c(F)cccc3F)c2)c(-c2ccnc(Nc3ccc(N4CCOCC4)nc3)n2)s1. The summed E-state index contributed by atoms with van der Waals surface area (Å²) in [6, 6.07) is 11.9. The molecule has 47 heavy (non-hydrogen) atoms. The second-order valence-electron chi connectivity index (χ2n) is 11.7. The van der Waals surface area contributed by atoms with Crippen LogP contribution in [0.3, 0.4) is 0 Å². The molecule has 15 heteroatoms. The summed E-state index contributed by atoms with van der Waals surface area (Å²) < 4.78 is 76.9. The standard InChI is InChI=1S/C32H30F3N7O3S2/c1-32(2,3)30-40-27(19-7-9-21(33)25(17-19)41-47(43,44)29-22(34)5-4-6-23(29)35)28(46-30)24-11-12-36-31(39-24)38-20-8-10-26(37-18-20)42-13-15-45-16-14-42/h4-12,17-18,41H,13-16H2,1-3H3,(H,36,38,39). The molecule has 10 nitrogen and oxygen atoms in total. The molecular formula is C32H30F3N7O3S2. The Balaban J connectivity index is 1.33. The van der Waals surface area contributed by atoms with Crippen molar-refractivity contribution in [2.24, 2.45) is 0 Å². The smallest absolute Gasteiger partial charge is 0.267 e. The number of pyridine rings is 1. The molecule has 0 atom stereocenters. The molecule has 0 saturated carbocycles. The Morgan fingerprint density at radius 2 is 1.66 bits per heavy atom. The molecule has 0 unspecified atom stereocenters. The molecule has 0 amide bonds. The largest absolute Gasteiger partial charge is 0.378 e. The summed E-state index contributed by atoms with van der Waals surface area (Å²) in [6.45, 7) is 8.82. The number of aromatic nitrogens is 4. The lowest BCUT2D eigenvalue weighted by Crippen LogP contribution is -2.36. The second-order valence-corrected chi connectivity index (χ2v) is 14.3. The van der Waals surface area contributed by atoms with E-state index in [-0.39, 0.29) is 5.41 Å². The van der Waals surface area contributed by atoms with Gasteiger partial charge in [0.1, 0.15) is 23.3 Å². The molecule has 1 aliphatic heterocycles. The normalized spacial score (nSPS) is 13.9. The van der Waals surface area contributed by atoms with Gasteiger partial charge in [-0.3, -0.25) is 4.72 Å². The fourth-order valence-electron chi connectivity index (χ4n) is 4.81. The van der Waals surface area contributed by atoms with Gasteiger partial charge in [-0.2, -0.15) is 0 Å². The van der Waals surface area contributed by atoms with E-state index in [2.05, 4.69) is 20.2 Å². The van der Waals surface area contributed by atoms with Crippen LogP contribution in [0.25, 0.3) is 21.8 Å². The molecule has 0 spiro atoms. The minimum Gasteiger partial charge on any atom is -0.378 e. The molecule has 0 radical (unpaired) electrons. The molecule has 0 bridgehead atoms. The number of anilines is 4. The number of nitrogens with zero attached hydrogens (tertiary/aromatic N) is 5. The zero-order chi connectivity index (χ0) is 33.3. The lowest BCUT2D eigenvalue weighted by molar-refractivity contribution is 0.122. The van der Waals surface area contributed by atoms with Crippen molar-refractivity contribution in [3.8, 4) is 21.8 Å². The van der Waals surface area contributed by atoms with Crippen LogP contribution in [0.2, 0.25) is 0 Å². The molecule has 0 aliphatic carbocycles. The van der Waals surface area contributed by atoms with Gasteiger partial charge in [-0.25, -0.2) is 41.5 Å². The number of nitrogens with one attached hydrogen (secondary N) is 2. The zero-order valence-corrected chi connectivity index (χ0v) is 27.2. The van der Waals surface area contributed by atoms with Crippen LogP contribution in [0.5, 0.6) is 0 Å². The van der Waals surface area contributed by atoms with Gasteiger partial charge >= 0.3 is 0 Å². The number of rotatable bonds is 8. The highest BCUT2D eigenvalue weighted by Crippen LogP contribution is 2.41. The van der Waals surface area contributed by atoms with Crippen LogP contribution in [0, 0.1) is 17.5 Å². The summed E-state index contributed by atoms with van der Waals surface area (Å²) in [5, 5.41) is 3.92. The van der Waals surface area contributed by atoms with Crippen molar-refractivity contribution in [2.75, 3.05) is 41.2 Å². The van der Waals surface area contributed by atoms with Crippen LogP contribution in [0.4, 0.5) is 36.3 Å². The minimum absolute atomic E-state index is 0.305. The number of thiazole rings is 1. The fraction of sp³-hybridized carbons (Fsp3) is 0.250. The van der Waals surface area contributed by atoms with Crippen molar-refractivity contribution in [1.29, 1.82) is 0 Å². The van der Waals surface area contributed by atoms with Crippen LogP contribution in [0.1, 0.15) is 25.8 Å². The number of hydrogen-bond acceptors (Lipinski definition) is 10. The molecule has 6 rings (SSSR count). The van der Waals surface area contributed by atoms with E-state index in [0.717, 1.165) is 48.2 Å². The van der Waals surface area contributed by atoms with Crippen LogP contribution in [0.15, 0.2) is 71.9 Å². The first-order valence-corrected chi connectivity index (χ1v) is 16.9. The molecule has 244 valence electrons. The lowest BCUT2D eigenvalue weighted by Gasteiger charge is -2.27. The van der Waals surface area contributed by atoms with Crippen LogP contribution >= 0.6 is 11.3 Å². The number of ether oxygens (including phenoxy) is 1. The van der Waals surface area contributed by atoms with Gasteiger partial charge < -0.3 is 15.0 Å². The van der Waals surface area contributed by atoms with E-state index >= 15 is 0 Å². The van der Waals surface area contributed by atoms with Crippen molar-refractivity contribution >= 4 is 44.5 Å². The van der Waals surface area contributed by atoms with Gasteiger partial charge in [0.25, 0.3) is 10.0 Å². The van der Waals surface area contributed by atoms with Gasteiger partial charge in [0, 0.05) is 30.3 Å². The van der Waals surface area contributed by atoms with E-state index in [4.69, 9.17) is 14.7 Å². The van der Waals surface area contributed by atoms with Gasteiger partial charge in [0.05, 0.1) is 52.1 Å². The van der Waals surface area contributed by atoms with E-state index < -0.39 is 38.1 Å². The fourth-order valence-corrected chi connectivity index (χ4v) is 7.12. The van der Waals surface area contributed by atoms with Crippen LogP contribution < -0.4 is 14.9 Å². The predicted molar refractivity (Wildman–Crippen MR) is 175 cm³/mol. The third kappa shape index (κ3) is 7.06. The summed E-state index contributed by atoms with van der Waals surface area (Å²) in [5.41, 5.74) is 1.10. The molecule has 4 heterocycles.